The number of hydrogen-bond acceptors (Lipinski definition) is 7. The highest BCUT2D eigenvalue weighted by molar-refractivity contribution is 14.1. The second-order valence-corrected chi connectivity index (χ2v) is 7.63. The highest BCUT2D eigenvalue weighted by Gasteiger charge is 2.37. The number of benzene rings is 2. The minimum Gasteiger partial charge on any atom is -0.493 e. The van der Waals surface area contributed by atoms with Crippen LogP contribution in [0.3, 0.4) is 0 Å². The quantitative estimate of drug-likeness (QED) is 0.255. The van der Waals surface area contributed by atoms with E-state index in [2.05, 4.69) is 5.32 Å². The van der Waals surface area contributed by atoms with Crippen molar-refractivity contribution in [2.75, 3.05) is 25.7 Å². The van der Waals surface area contributed by atoms with E-state index < -0.39 is 23.8 Å². The fraction of sp³-hybridized carbons (Fsp3) is 0.182. The predicted octanol–water partition coefficient (Wildman–Crippen LogP) is 3.15. The fourth-order valence-corrected chi connectivity index (χ4v) is 3.89. The average Bonchev–Trinajstić information content (AvgIpc) is 2.76. The van der Waals surface area contributed by atoms with E-state index in [9.17, 15) is 19.2 Å². The van der Waals surface area contributed by atoms with Crippen molar-refractivity contribution in [2.24, 2.45) is 0 Å². The average molecular weight is 550 g/mol. The van der Waals surface area contributed by atoms with Crippen molar-refractivity contribution in [3.63, 3.8) is 0 Å². The van der Waals surface area contributed by atoms with Gasteiger partial charge in [-0.15, -0.1) is 0 Å². The molecule has 1 heterocycles. The molecule has 3 rings (SSSR count). The van der Waals surface area contributed by atoms with Crippen molar-refractivity contribution in [1.82, 2.24) is 5.32 Å². The summed E-state index contributed by atoms with van der Waals surface area (Å²) < 4.78 is 16.2. The summed E-state index contributed by atoms with van der Waals surface area (Å²) in [4.78, 5) is 50.5. The number of ether oxygens (including phenoxy) is 3. The molecule has 0 spiro atoms. The smallest absolute Gasteiger partial charge is 0.338 e. The number of imide groups is 2. The van der Waals surface area contributed by atoms with Gasteiger partial charge in [-0.25, -0.2) is 14.5 Å². The Hall–Kier alpha value is -3.41. The number of methoxy groups -OCH3 is 2. The van der Waals surface area contributed by atoms with Crippen LogP contribution in [0.15, 0.2) is 42.0 Å². The number of halogens is 1. The van der Waals surface area contributed by atoms with E-state index in [1.165, 1.54) is 44.6 Å². The van der Waals surface area contributed by atoms with Crippen LogP contribution in [0.5, 0.6) is 11.5 Å². The molecular weight excluding hydrogens is 531 g/mol. The third-order valence-electron chi connectivity index (χ3n) is 4.51. The van der Waals surface area contributed by atoms with E-state index in [1.807, 2.05) is 22.6 Å². The summed E-state index contributed by atoms with van der Waals surface area (Å²) in [5.74, 6) is -1.19. The van der Waals surface area contributed by atoms with Crippen molar-refractivity contribution in [3.8, 4) is 11.5 Å². The fourth-order valence-electron chi connectivity index (χ4n) is 3.04. The van der Waals surface area contributed by atoms with Gasteiger partial charge in [0, 0.05) is 0 Å². The zero-order valence-corrected chi connectivity index (χ0v) is 19.6. The maximum absolute atomic E-state index is 13.1. The molecule has 0 bridgehead atoms. The molecule has 1 fully saturated rings. The molecule has 1 aliphatic rings. The zero-order valence-electron chi connectivity index (χ0n) is 17.4. The maximum atomic E-state index is 13.1. The Bertz CT molecular complexity index is 1130. The van der Waals surface area contributed by atoms with Crippen LogP contribution in [-0.4, -0.2) is 44.6 Å². The summed E-state index contributed by atoms with van der Waals surface area (Å²) in [7, 11) is 2.98. The van der Waals surface area contributed by atoms with E-state index in [4.69, 9.17) is 14.2 Å². The lowest BCUT2D eigenvalue weighted by atomic mass is 10.1. The number of nitrogens with zero attached hydrogens (tertiary/aromatic N) is 1. The standard InChI is InChI=1S/C22H19IN2O7/c1-4-32-21(28)13-5-7-14(8-6-13)25-20(27)15(19(26)24-22(25)29)9-12-10-16(23)18(31-3)17(11-12)30-2/h5-11H,4H2,1-3H3,(H,24,26,29)/b15-9+. The first-order valence-electron chi connectivity index (χ1n) is 9.40. The molecule has 0 aliphatic carbocycles. The molecule has 0 unspecified atom stereocenters. The van der Waals surface area contributed by atoms with Crippen LogP contribution in [-0.2, 0) is 14.3 Å². The van der Waals surface area contributed by atoms with Gasteiger partial charge in [0.15, 0.2) is 11.5 Å². The number of anilines is 1. The van der Waals surface area contributed by atoms with Crippen molar-refractivity contribution < 1.29 is 33.4 Å². The van der Waals surface area contributed by atoms with Gasteiger partial charge in [0.2, 0.25) is 0 Å². The largest absolute Gasteiger partial charge is 0.493 e. The summed E-state index contributed by atoms with van der Waals surface area (Å²) in [6.07, 6.45) is 1.37. The van der Waals surface area contributed by atoms with Crippen LogP contribution in [0.4, 0.5) is 10.5 Å². The number of carbonyl (C=O) groups excluding carboxylic acids is 4. The Kier molecular flexibility index (Phi) is 7.13. The van der Waals surface area contributed by atoms with E-state index in [0.717, 1.165) is 4.90 Å². The topological polar surface area (TPSA) is 111 Å². The SMILES string of the molecule is CCOC(=O)c1ccc(N2C(=O)NC(=O)/C(=C\c3cc(I)c(OC)c(OC)c3)C2=O)cc1. The van der Waals surface area contributed by atoms with E-state index in [-0.39, 0.29) is 23.4 Å². The molecule has 166 valence electrons. The highest BCUT2D eigenvalue weighted by atomic mass is 127. The van der Waals surface area contributed by atoms with Gasteiger partial charge in [0.1, 0.15) is 5.57 Å². The predicted molar refractivity (Wildman–Crippen MR) is 124 cm³/mol. The number of urea groups is 1. The van der Waals surface area contributed by atoms with E-state index in [1.54, 1.807) is 19.1 Å². The van der Waals surface area contributed by atoms with Gasteiger partial charge >= 0.3 is 12.0 Å². The molecule has 4 amide bonds. The van der Waals surface area contributed by atoms with Crippen molar-refractivity contribution in [1.29, 1.82) is 0 Å². The molecule has 0 aromatic heterocycles. The van der Waals surface area contributed by atoms with E-state index in [0.29, 0.717) is 20.6 Å². The second-order valence-electron chi connectivity index (χ2n) is 6.46. The van der Waals surface area contributed by atoms with Crippen molar-refractivity contribution in [2.45, 2.75) is 6.92 Å². The zero-order chi connectivity index (χ0) is 23.4. The molecule has 2 aromatic carbocycles. The van der Waals surface area contributed by atoms with Gasteiger partial charge in [-0.2, -0.15) is 0 Å². The number of rotatable bonds is 6. The highest BCUT2D eigenvalue weighted by Crippen LogP contribution is 2.34. The van der Waals surface area contributed by atoms with Gasteiger partial charge in [-0.05, 0) is 77.6 Å². The third-order valence-corrected chi connectivity index (χ3v) is 5.31. The first kappa shape index (κ1) is 23.3. The van der Waals surface area contributed by atoms with Crippen molar-refractivity contribution >= 4 is 58.2 Å². The monoisotopic (exact) mass is 550 g/mol. The van der Waals surface area contributed by atoms with Crippen LogP contribution in [0.25, 0.3) is 6.08 Å². The number of nitrogens with one attached hydrogen (secondary N) is 1. The van der Waals surface area contributed by atoms with Gasteiger partial charge in [0.25, 0.3) is 11.8 Å². The Morgan fingerprint density at radius 3 is 2.38 bits per heavy atom. The minimum atomic E-state index is -0.886. The number of barbiturate groups is 1. The summed E-state index contributed by atoms with van der Waals surface area (Å²) in [5.41, 5.74) is 0.743. The van der Waals surface area contributed by atoms with Gasteiger partial charge < -0.3 is 14.2 Å². The minimum absolute atomic E-state index is 0.195. The summed E-state index contributed by atoms with van der Waals surface area (Å²) in [6.45, 7) is 1.91. The molecule has 9 nitrogen and oxygen atoms in total. The van der Waals surface area contributed by atoms with Gasteiger partial charge in [-0.1, -0.05) is 0 Å². The first-order chi connectivity index (χ1) is 15.3. The molecule has 10 heteroatoms. The van der Waals surface area contributed by atoms with Gasteiger partial charge in [0.05, 0.1) is 35.6 Å². The Labute approximate surface area is 197 Å². The van der Waals surface area contributed by atoms with Crippen LogP contribution in [0.2, 0.25) is 0 Å². The van der Waals surface area contributed by atoms with Gasteiger partial charge in [-0.3, -0.25) is 14.9 Å². The van der Waals surface area contributed by atoms with Crippen LogP contribution < -0.4 is 19.7 Å². The summed E-state index contributed by atoms with van der Waals surface area (Å²) in [6, 6.07) is 8.17. The van der Waals surface area contributed by atoms with Crippen molar-refractivity contribution in [3.05, 3.63) is 56.7 Å². The Balaban J connectivity index is 1.97. The normalized spacial score (nSPS) is 14.9. The maximum Gasteiger partial charge on any atom is 0.338 e. The Morgan fingerprint density at radius 2 is 1.78 bits per heavy atom. The second kappa shape index (κ2) is 9.81. The third kappa shape index (κ3) is 4.59. The molecule has 1 saturated heterocycles. The molecule has 0 atom stereocenters. The molecular formula is C22H19IN2O7. The van der Waals surface area contributed by atoms with Crippen LogP contribution in [0.1, 0.15) is 22.8 Å². The number of hydrogen-bond donors (Lipinski definition) is 1. The lowest BCUT2D eigenvalue weighted by Crippen LogP contribution is -2.54. The number of amides is 4. The van der Waals surface area contributed by atoms with E-state index >= 15 is 0 Å². The first-order valence-corrected chi connectivity index (χ1v) is 10.5. The number of carbonyl (C=O) groups is 4. The molecule has 0 saturated carbocycles. The molecule has 32 heavy (non-hydrogen) atoms. The molecule has 0 radical (unpaired) electrons. The molecule has 2 aromatic rings. The molecule has 1 N–H and O–H groups in total. The lowest BCUT2D eigenvalue weighted by molar-refractivity contribution is -0.122. The number of esters is 1. The summed E-state index contributed by atoms with van der Waals surface area (Å²) in [5, 5.41) is 2.16. The molecule has 1 aliphatic heterocycles. The van der Waals surface area contributed by atoms with Crippen LogP contribution >= 0.6 is 22.6 Å². The summed E-state index contributed by atoms with van der Waals surface area (Å²) >= 11 is 2.05. The Morgan fingerprint density at radius 1 is 1.09 bits per heavy atom. The lowest BCUT2D eigenvalue weighted by Gasteiger charge is -2.26. The van der Waals surface area contributed by atoms with Crippen LogP contribution in [0, 0.1) is 3.57 Å².